The van der Waals surface area contributed by atoms with E-state index < -0.39 is 5.97 Å². The second-order valence-corrected chi connectivity index (χ2v) is 2.76. The van der Waals surface area contributed by atoms with Crippen molar-refractivity contribution in [1.29, 1.82) is 0 Å². The minimum Gasteiger partial charge on any atom is -0.480 e. The van der Waals surface area contributed by atoms with Crippen molar-refractivity contribution >= 4 is 18.4 Å². The first-order valence-corrected chi connectivity index (χ1v) is 3.74. The summed E-state index contributed by atoms with van der Waals surface area (Å²) in [6, 6.07) is 0.469. The molecule has 0 aromatic rings. The lowest BCUT2D eigenvalue weighted by molar-refractivity contribution is -0.136. The molecule has 0 saturated heterocycles. The molecule has 1 aliphatic carbocycles. The summed E-state index contributed by atoms with van der Waals surface area (Å²) in [6.45, 7) is 0.116. The lowest BCUT2D eigenvalue weighted by atomic mass is 10.2. The predicted octanol–water partition coefficient (Wildman–Crippen LogP) is 1.03. The number of carboxylic acids is 1. The lowest BCUT2D eigenvalue weighted by Crippen LogP contribution is -2.31. The molecule has 11 heavy (non-hydrogen) atoms. The SMILES string of the molecule is Cl.O=C(O)CNC1CCCC1. The first-order valence-electron chi connectivity index (χ1n) is 3.74. The van der Waals surface area contributed by atoms with Gasteiger partial charge in [0.05, 0.1) is 6.54 Å². The van der Waals surface area contributed by atoms with Crippen molar-refractivity contribution in [3.8, 4) is 0 Å². The summed E-state index contributed by atoms with van der Waals surface area (Å²) < 4.78 is 0. The first-order chi connectivity index (χ1) is 4.79. The Bertz CT molecular complexity index is 124. The van der Waals surface area contributed by atoms with Gasteiger partial charge in [0.1, 0.15) is 0 Å². The Labute approximate surface area is 72.6 Å². The number of nitrogens with one attached hydrogen (secondary N) is 1. The van der Waals surface area contributed by atoms with E-state index in [1.54, 1.807) is 0 Å². The lowest BCUT2D eigenvalue weighted by Gasteiger charge is -2.07. The van der Waals surface area contributed by atoms with Gasteiger partial charge in [-0.15, -0.1) is 12.4 Å². The Balaban J connectivity index is 0.000001000. The number of hydrogen-bond donors (Lipinski definition) is 2. The maximum atomic E-state index is 10.1. The molecule has 0 aromatic carbocycles. The Kier molecular flexibility index (Phi) is 5.24. The van der Waals surface area contributed by atoms with Gasteiger partial charge in [-0.3, -0.25) is 4.79 Å². The molecule has 1 rings (SSSR count). The molecule has 2 N–H and O–H groups in total. The molecule has 4 heteroatoms. The first kappa shape index (κ1) is 10.7. The quantitative estimate of drug-likeness (QED) is 0.681. The highest BCUT2D eigenvalue weighted by Gasteiger charge is 2.14. The van der Waals surface area contributed by atoms with Crippen molar-refractivity contribution < 1.29 is 9.90 Å². The van der Waals surface area contributed by atoms with Crippen molar-refractivity contribution in [2.24, 2.45) is 0 Å². The van der Waals surface area contributed by atoms with Gasteiger partial charge in [-0.25, -0.2) is 0 Å². The van der Waals surface area contributed by atoms with Crippen molar-refractivity contribution in [3.05, 3.63) is 0 Å². The summed E-state index contributed by atoms with van der Waals surface area (Å²) in [5, 5.41) is 11.3. The summed E-state index contributed by atoms with van der Waals surface area (Å²) in [7, 11) is 0. The Morgan fingerprint density at radius 2 is 2.00 bits per heavy atom. The van der Waals surface area contributed by atoms with Gasteiger partial charge in [-0.1, -0.05) is 12.8 Å². The topological polar surface area (TPSA) is 49.3 Å². The van der Waals surface area contributed by atoms with Gasteiger partial charge < -0.3 is 10.4 Å². The minimum atomic E-state index is -0.757. The van der Waals surface area contributed by atoms with Gasteiger partial charge in [0.2, 0.25) is 0 Å². The zero-order valence-electron chi connectivity index (χ0n) is 6.38. The van der Waals surface area contributed by atoms with Gasteiger partial charge in [0, 0.05) is 6.04 Å². The van der Waals surface area contributed by atoms with E-state index in [4.69, 9.17) is 5.11 Å². The normalized spacial score (nSPS) is 17.8. The molecule has 0 bridgehead atoms. The minimum absolute atomic E-state index is 0. The smallest absolute Gasteiger partial charge is 0.317 e. The zero-order chi connectivity index (χ0) is 7.40. The monoisotopic (exact) mass is 179 g/mol. The van der Waals surface area contributed by atoms with Crippen LogP contribution >= 0.6 is 12.4 Å². The molecular formula is C7H14ClNO2. The van der Waals surface area contributed by atoms with Crippen molar-refractivity contribution in [3.63, 3.8) is 0 Å². The van der Waals surface area contributed by atoms with Crippen LogP contribution in [0.3, 0.4) is 0 Å². The van der Waals surface area contributed by atoms with Crippen LogP contribution in [-0.2, 0) is 4.79 Å². The third kappa shape index (κ3) is 4.22. The summed E-state index contributed by atoms with van der Waals surface area (Å²) >= 11 is 0. The zero-order valence-corrected chi connectivity index (χ0v) is 7.19. The molecule has 0 radical (unpaired) electrons. The van der Waals surface area contributed by atoms with Crippen LogP contribution in [0.5, 0.6) is 0 Å². The summed E-state index contributed by atoms with van der Waals surface area (Å²) in [6.07, 6.45) is 4.79. The molecule has 0 unspecified atom stereocenters. The standard InChI is InChI=1S/C7H13NO2.ClH/c9-7(10)5-8-6-3-1-2-4-6;/h6,8H,1-5H2,(H,9,10);1H. The number of aliphatic carboxylic acids is 1. The van der Waals surface area contributed by atoms with Crippen LogP contribution in [0, 0.1) is 0 Å². The molecule has 1 fully saturated rings. The van der Waals surface area contributed by atoms with Crippen molar-refractivity contribution in [2.45, 2.75) is 31.7 Å². The number of carboxylic acid groups (broad SMARTS) is 1. The second kappa shape index (κ2) is 5.38. The van der Waals surface area contributed by atoms with E-state index >= 15 is 0 Å². The maximum Gasteiger partial charge on any atom is 0.317 e. The van der Waals surface area contributed by atoms with E-state index in [0.717, 1.165) is 12.8 Å². The molecule has 0 amide bonds. The van der Waals surface area contributed by atoms with Crippen LogP contribution in [0.4, 0.5) is 0 Å². The van der Waals surface area contributed by atoms with E-state index in [0.29, 0.717) is 6.04 Å². The molecule has 0 heterocycles. The van der Waals surface area contributed by atoms with E-state index in [1.165, 1.54) is 12.8 Å². The van der Waals surface area contributed by atoms with Crippen LogP contribution < -0.4 is 5.32 Å². The average molecular weight is 180 g/mol. The van der Waals surface area contributed by atoms with Crippen LogP contribution in [-0.4, -0.2) is 23.7 Å². The molecule has 3 nitrogen and oxygen atoms in total. The van der Waals surface area contributed by atoms with Gasteiger partial charge in [0.15, 0.2) is 0 Å². The van der Waals surface area contributed by atoms with E-state index in [2.05, 4.69) is 5.32 Å². The fourth-order valence-corrected chi connectivity index (χ4v) is 1.36. The molecule has 66 valence electrons. The maximum absolute atomic E-state index is 10.1. The number of halogens is 1. The fraction of sp³-hybridized carbons (Fsp3) is 0.857. The highest BCUT2D eigenvalue weighted by molar-refractivity contribution is 5.85. The molecule has 0 aliphatic heterocycles. The van der Waals surface area contributed by atoms with Crippen LogP contribution in [0.15, 0.2) is 0 Å². The van der Waals surface area contributed by atoms with Crippen molar-refractivity contribution in [1.82, 2.24) is 5.32 Å². The highest BCUT2D eigenvalue weighted by Crippen LogP contribution is 2.16. The van der Waals surface area contributed by atoms with Gasteiger partial charge in [-0.05, 0) is 12.8 Å². The molecule has 0 spiro atoms. The molecular weight excluding hydrogens is 166 g/mol. The third-order valence-corrected chi connectivity index (χ3v) is 1.90. The Hall–Kier alpha value is -0.280. The summed E-state index contributed by atoms with van der Waals surface area (Å²) in [4.78, 5) is 10.1. The molecule has 0 aromatic heterocycles. The summed E-state index contributed by atoms with van der Waals surface area (Å²) in [5.74, 6) is -0.757. The number of rotatable bonds is 3. The van der Waals surface area contributed by atoms with Crippen LogP contribution in [0.1, 0.15) is 25.7 Å². The largest absolute Gasteiger partial charge is 0.480 e. The Morgan fingerprint density at radius 1 is 1.45 bits per heavy atom. The number of hydrogen-bond acceptors (Lipinski definition) is 2. The molecule has 1 saturated carbocycles. The van der Waals surface area contributed by atoms with E-state index in [1.807, 2.05) is 0 Å². The number of carbonyl (C=O) groups is 1. The van der Waals surface area contributed by atoms with Gasteiger partial charge >= 0.3 is 5.97 Å². The van der Waals surface area contributed by atoms with Crippen LogP contribution in [0.25, 0.3) is 0 Å². The van der Waals surface area contributed by atoms with E-state index in [-0.39, 0.29) is 19.0 Å². The second-order valence-electron chi connectivity index (χ2n) is 2.76. The highest BCUT2D eigenvalue weighted by atomic mass is 35.5. The summed E-state index contributed by atoms with van der Waals surface area (Å²) in [5.41, 5.74) is 0. The molecule has 1 aliphatic rings. The Morgan fingerprint density at radius 3 is 2.45 bits per heavy atom. The third-order valence-electron chi connectivity index (χ3n) is 1.90. The van der Waals surface area contributed by atoms with Gasteiger partial charge in [0.25, 0.3) is 0 Å². The van der Waals surface area contributed by atoms with Crippen LogP contribution in [0.2, 0.25) is 0 Å². The fourth-order valence-electron chi connectivity index (χ4n) is 1.36. The predicted molar refractivity (Wildman–Crippen MR) is 45.1 cm³/mol. The average Bonchev–Trinajstić information content (AvgIpc) is 2.34. The van der Waals surface area contributed by atoms with E-state index in [9.17, 15) is 4.79 Å². The van der Waals surface area contributed by atoms with Crippen molar-refractivity contribution in [2.75, 3.05) is 6.54 Å². The van der Waals surface area contributed by atoms with Gasteiger partial charge in [-0.2, -0.15) is 0 Å². The molecule has 0 atom stereocenters.